The molecule has 2 rings (SSSR count). The topological polar surface area (TPSA) is 47.0 Å². The molecule has 0 amide bonds. The lowest BCUT2D eigenvalue weighted by molar-refractivity contribution is 0.326. The second-order valence-electron chi connectivity index (χ2n) is 4.71. The van der Waals surface area contributed by atoms with Crippen LogP contribution in [-0.4, -0.2) is 23.1 Å². The highest BCUT2D eigenvalue weighted by atomic mass is 16.5. The lowest BCUT2D eigenvalue weighted by Crippen LogP contribution is -2.10. The van der Waals surface area contributed by atoms with Gasteiger partial charge in [0, 0.05) is 18.3 Å². The summed E-state index contributed by atoms with van der Waals surface area (Å²) in [4.78, 5) is 8.70. The number of aromatic nitrogens is 2. The average Bonchev–Trinajstić information content (AvgIpc) is 2.41. The van der Waals surface area contributed by atoms with Crippen LogP contribution in [0.4, 0.5) is 5.95 Å². The van der Waals surface area contributed by atoms with Crippen LogP contribution in [0.3, 0.4) is 0 Å². The zero-order valence-corrected chi connectivity index (χ0v) is 12.3. The second-order valence-corrected chi connectivity index (χ2v) is 4.71. The number of anilines is 1. The predicted molar refractivity (Wildman–Crippen MR) is 81.3 cm³/mol. The number of benzene rings is 1. The van der Waals surface area contributed by atoms with Gasteiger partial charge >= 0.3 is 0 Å². The first kappa shape index (κ1) is 14.3. The Bertz CT molecular complexity index is 569. The van der Waals surface area contributed by atoms with Gasteiger partial charge in [0.25, 0.3) is 0 Å². The largest absolute Gasteiger partial charge is 0.478 e. The maximum atomic E-state index is 5.42. The van der Waals surface area contributed by atoms with Crippen molar-refractivity contribution in [2.24, 2.45) is 0 Å². The summed E-state index contributed by atoms with van der Waals surface area (Å²) in [5, 5.41) is 3.26. The van der Waals surface area contributed by atoms with E-state index in [2.05, 4.69) is 46.5 Å². The third kappa shape index (κ3) is 3.95. The van der Waals surface area contributed by atoms with Crippen LogP contribution in [-0.2, 0) is 6.42 Å². The van der Waals surface area contributed by atoms with Crippen LogP contribution in [0.25, 0.3) is 0 Å². The lowest BCUT2D eigenvalue weighted by Gasteiger charge is -2.09. The zero-order chi connectivity index (χ0) is 14.4. The molecular weight excluding hydrogens is 250 g/mol. The third-order valence-electron chi connectivity index (χ3n) is 3.06. The Kier molecular flexibility index (Phi) is 4.93. The normalized spacial score (nSPS) is 10.3. The molecule has 106 valence electrons. The van der Waals surface area contributed by atoms with E-state index in [1.807, 2.05) is 19.9 Å². The van der Waals surface area contributed by atoms with Crippen molar-refractivity contribution in [2.45, 2.75) is 27.2 Å². The van der Waals surface area contributed by atoms with E-state index in [-0.39, 0.29) is 0 Å². The molecule has 0 aliphatic heterocycles. The van der Waals surface area contributed by atoms with Crippen LogP contribution >= 0.6 is 0 Å². The van der Waals surface area contributed by atoms with Crippen molar-refractivity contribution >= 4 is 5.95 Å². The third-order valence-corrected chi connectivity index (χ3v) is 3.06. The molecule has 2 aromatic rings. The Labute approximate surface area is 120 Å². The molecule has 1 aromatic heterocycles. The first-order valence-electron chi connectivity index (χ1n) is 6.96. The highest BCUT2D eigenvalue weighted by Crippen LogP contribution is 2.12. The summed E-state index contributed by atoms with van der Waals surface area (Å²) in [5.41, 5.74) is 3.56. The van der Waals surface area contributed by atoms with Gasteiger partial charge in [0.2, 0.25) is 11.8 Å². The summed E-state index contributed by atoms with van der Waals surface area (Å²) in [5.74, 6) is 1.25. The molecule has 4 nitrogen and oxygen atoms in total. The Hall–Kier alpha value is -2.10. The number of nitrogens with one attached hydrogen (secondary N) is 1. The molecule has 1 aromatic carbocycles. The molecule has 0 spiro atoms. The maximum Gasteiger partial charge on any atom is 0.226 e. The SMILES string of the molecule is CCOc1cc(C)nc(NCCc2ccccc2C)n1. The molecule has 0 atom stereocenters. The highest BCUT2D eigenvalue weighted by molar-refractivity contribution is 5.32. The van der Waals surface area contributed by atoms with Crippen molar-refractivity contribution in [2.75, 3.05) is 18.5 Å². The molecule has 0 radical (unpaired) electrons. The summed E-state index contributed by atoms with van der Waals surface area (Å²) in [6.07, 6.45) is 0.952. The van der Waals surface area contributed by atoms with Crippen LogP contribution in [0.15, 0.2) is 30.3 Å². The van der Waals surface area contributed by atoms with Crippen molar-refractivity contribution < 1.29 is 4.74 Å². The van der Waals surface area contributed by atoms with Gasteiger partial charge in [-0.25, -0.2) is 4.98 Å². The van der Waals surface area contributed by atoms with E-state index in [1.165, 1.54) is 11.1 Å². The minimum absolute atomic E-state index is 0.610. The van der Waals surface area contributed by atoms with Gasteiger partial charge in [0.1, 0.15) is 0 Å². The molecule has 1 N–H and O–H groups in total. The summed E-state index contributed by atoms with van der Waals surface area (Å²) in [6.45, 7) is 7.43. The fourth-order valence-electron chi connectivity index (χ4n) is 2.04. The molecule has 0 fully saturated rings. The molecular formula is C16H21N3O. The molecule has 20 heavy (non-hydrogen) atoms. The standard InChI is InChI=1S/C16H21N3O/c1-4-20-15-11-13(3)18-16(19-15)17-10-9-14-8-6-5-7-12(14)2/h5-8,11H,4,9-10H2,1-3H3,(H,17,18,19). The van der Waals surface area contributed by atoms with Gasteiger partial charge in [0.05, 0.1) is 6.61 Å². The van der Waals surface area contributed by atoms with Crippen molar-refractivity contribution in [3.8, 4) is 5.88 Å². The molecule has 0 unspecified atom stereocenters. The summed E-state index contributed by atoms with van der Waals surface area (Å²) in [7, 11) is 0. The number of ether oxygens (including phenoxy) is 1. The van der Waals surface area contributed by atoms with Crippen molar-refractivity contribution in [3.63, 3.8) is 0 Å². The van der Waals surface area contributed by atoms with Gasteiger partial charge in [-0.1, -0.05) is 24.3 Å². The van der Waals surface area contributed by atoms with Gasteiger partial charge in [-0.05, 0) is 38.3 Å². The lowest BCUT2D eigenvalue weighted by atomic mass is 10.1. The summed E-state index contributed by atoms with van der Waals surface area (Å²) < 4.78 is 5.42. The van der Waals surface area contributed by atoms with Crippen LogP contribution in [0, 0.1) is 13.8 Å². The summed E-state index contributed by atoms with van der Waals surface area (Å²) >= 11 is 0. The van der Waals surface area contributed by atoms with Crippen molar-refractivity contribution in [1.82, 2.24) is 9.97 Å². The first-order valence-corrected chi connectivity index (χ1v) is 6.96. The minimum Gasteiger partial charge on any atom is -0.478 e. The van der Waals surface area contributed by atoms with Gasteiger partial charge in [-0.15, -0.1) is 0 Å². The molecule has 0 aliphatic carbocycles. The number of hydrogen-bond donors (Lipinski definition) is 1. The van der Waals surface area contributed by atoms with Crippen LogP contribution in [0.5, 0.6) is 5.88 Å². The van der Waals surface area contributed by atoms with Crippen LogP contribution in [0.1, 0.15) is 23.7 Å². The fourth-order valence-corrected chi connectivity index (χ4v) is 2.04. The van der Waals surface area contributed by atoms with Gasteiger partial charge < -0.3 is 10.1 Å². The van der Waals surface area contributed by atoms with E-state index in [0.717, 1.165) is 18.7 Å². The van der Waals surface area contributed by atoms with Gasteiger partial charge in [-0.2, -0.15) is 4.98 Å². The monoisotopic (exact) mass is 271 g/mol. The van der Waals surface area contributed by atoms with Crippen LogP contribution in [0.2, 0.25) is 0 Å². The van der Waals surface area contributed by atoms with E-state index in [1.54, 1.807) is 0 Å². The average molecular weight is 271 g/mol. The molecule has 4 heteroatoms. The highest BCUT2D eigenvalue weighted by Gasteiger charge is 2.03. The molecule has 0 saturated heterocycles. The number of nitrogens with zero attached hydrogens (tertiary/aromatic N) is 2. The molecule has 1 heterocycles. The van der Waals surface area contributed by atoms with Crippen LogP contribution < -0.4 is 10.1 Å². The Morgan fingerprint density at radius 1 is 1.15 bits per heavy atom. The smallest absolute Gasteiger partial charge is 0.226 e. The fraction of sp³-hybridized carbons (Fsp3) is 0.375. The molecule has 0 bridgehead atoms. The van der Waals surface area contributed by atoms with Crippen molar-refractivity contribution in [1.29, 1.82) is 0 Å². The quantitative estimate of drug-likeness (QED) is 0.876. The second kappa shape index (κ2) is 6.89. The number of aryl methyl sites for hydroxylation is 2. The van der Waals surface area contributed by atoms with E-state index in [0.29, 0.717) is 18.4 Å². The van der Waals surface area contributed by atoms with E-state index in [9.17, 15) is 0 Å². The van der Waals surface area contributed by atoms with Gasteiger partial charge in [0.15, 0.2) is 0 Å². The Balaban J connectivity index is 1.95. The van der Waals surface area contributed by atoms with Gasteiger partial charge in [-0.3, -0.25) is 0 Å². The maximum absolute atomic E-state index is 5.42. The number of rotatable bonds is 6. The van der Waals surface area contributed by atoms with E-state index >= 15 is 0 Å². The van der Waals surface area contributed by atoms with E-state index < -0.39 is 0 Å². The Morgan fingerprint density at radius 2 is 1.95 bits per heavy atom. The minimum atomic E-state index is 0.610. The Morgan fingerprint density at radius 3 is 2.70 bits per heavy atom. The molecule has 0 aliphatic rings. The molecule has 0 saturated carbocycles. The van der Waals surface area contributed by atoms with E-state index in [4.69, 9.17) is 4.74 Å². The zero-order valence-electron chi connectivity index (χ0n) is 12.3. The predicted octanol–water partition coefficient (Wildman–Crippen LogP) is 3.15. The number of hydrogen-bond acceptors (Lipinski definition) is 4. The summed E-state index contributed by atoms with van der Waals surface area (Å²) in [6, 6.07) is 10.3. The van der Waals surface area contributed by atoms with Crippen molar-refractivity contribution in [3.05, 3.63) is 47.2 Å². The first-order chi connectivity index (χ1) is 9.69.